The first kappa shape index (κ1) is 15.9. The third-order valence-electron chi connectivity index (χ3n) is 2.78. The molecule has 1 aromatic rings. The summed E-state index contributed by atoms with van der Waals surface area (Å²) in [6.45, 7) is 2.66. The minimum Gasteiger partial charge on any atom is -0.393 e. The molecule has 2 unspecified atom stereocenters. The van der Waals surface area contributed by atoms with Gasteiger partial charge in [0.2, 0.25) is 0 Å². The Morgan fingerprint density at radius 1 is 1.21 bits per heavy atom. The molecule has 0 fully saturated rings. The zero-order chi connectivity index (χ0) is 15.0. The number of hydrogen-bond donors (Lipinski definition) is 1. The van der Waals surface area contributed by atoms with Crippen molar-refractivity contribution in [2.75, 3.05) is 0 Å². The molecule has 1 N–H and O–H groups in total. The number of alkyl halides is 3. The number of halogens is 4. The van der Waals surface area contributed by atoms with Gasteiger partial charge in [-0.3, -0.25) is 0 Å². The molecule has 2 atom stereocenters. The minimum absolute atomic E-state index is 0.270. The Balaban J connectivity index is 3.55. The van der Waals surface area contributed by atoms with Gasteiger partial charge in [0.25, 0.3) is 9.84 Å². The Hall–Kier alpha value is -1.15. The molecule has 0 aromatic heterocycles. The lowest BCUT2D eigenvalue weighted by Gasteiger charge is -2.19. The summed E-state index contributed by atoms with van der Waals surface area (Å²) < 4.78 is 73.4. The summed E-state index contributed by atoms with van der Waals surface area (Å²) in [6.07, 6.45) is -1.08. The highest BCUT2D eigenvalue weighted by molar-refractivity contribution is 7.92. The molecule has 0 aliphatic carbocycles. The van der Waals surface area contributed by atoms with Gasteiger partial charge < -0.3 is 5.11 Å². The van der Waals surface area contributed by atoms with Crippen molar-refractivity contribution in [3.8, 4) is 0 Å². The topological polar surface area (TPSA) is 54.4 Å². The van der Waals surface area contributed by atoms with E-state index in [-0.39, 0.29) is 5.56 Å². The highest BCUT2D eigenvalue weighted by atomic mass is 32.2. The van der Waals surface area contributed by atoms with Gasteiger partial charge in [-0.25, -0.2) is 12.8 Å². The van der Waals surface area contributed by atoms with Crippen molar-refractivity contribution in [2.24, 2.45) is 0 Å². The van der Waals surface area contributed by atoms with Crippen LogP contribution in [0.1, 0.15) is 25.3 Å². The van der Waals surface area contributed by atoms with Crippen LogP contribution < -0.4 is 0 Å². The van der Waals surface area contributed by atoms with Crippen LogP contribution in [0.15, 0.2) is 23.1 Å². The van der Waals surface area contributed by atoms with Crippen LogP contribution in [0.4, 0.5) is 17.6 Å². The number of aliphatic hydroxyl groups excluding tert-OH is 1. The molecule has 19 heavy (non-hydrogen) atoms. The average Bonchev–Trinajstić information content (AvgIpc) is 2.26. The fourth-order valence-electron chi connectivity index (χ4n) is 1.50. The van der Waals surface area contributed by atoms with Gasteiger partial charge in [-0.15, -0.1) is 0 Å². The molecule has 0 heterocycles. The van der Waals surface area contributed by atoms with Crippen LogP contribution in [0.2, 0.25) is 0 Å². The van der Waals surface area contributed by atoms with E-state index >= 15 is 0 Å². The number of aliphatic hydroxyl groups is 1. The fourth-order valence-corrected chi connectivity index (χ4v) is 2.58. The van der Waals surface area contributed by atoms with Gasteiger partial charge in [-0.2, -0.15) is 13.2 Å². The van der Waals surface area contributed by atoms with E-state index in [1.54, 1.807) is 0 Å². The number of sulfone groups is 1. The van der Waals surface area contributed by atoms with Crippen molar-refractivity contribution in [1.82, 2.24) is 0 Å². The third-order valence-corrected chi connectivity index (χ3v) is 4.33. The largest absolute Gasteiger partial charge is 0.501 e. The molecule has 0 saturated heterocycles. The Kier molecular flexibility index (Phi) is 4.26. The van der Waals surface area contributed by atoms with Crippen LogP contribution in [-0.4, -0.2) is 25.1 Å². The summed E-state index contributed by atoms with van der Waals surface area (Å²) in [4.78, 5) is -1.16. The molecule has 1 rings (SSSR count). The number of benzene rings is 1. The molecule has 0 saturated carbocycles. The zero-order valence-corrected chi connectivity index (χ0v) is 10.9. The Morgan fingerprint density at radius 2 is 1.74 bits per heavy atom. The predicted octanol–water partition coefficient (Wildman–Crippen LogP) is 2.60. The van der Waals surface area contributed by atoms with E-state index < -0.39 is 38.1 Å². The molecule has 3 nitrogen and oxygen atoms in total. The summed E-state index contributed by atoms with van der Waals surface area (Å²) >= 11 is 0. The number of hydrogen-bond acceptors (Lipinski definition) is 3. The van der Waals surface area contributed by atoms with Gasteiger partial charge in [-0.1, -0.05) is 13.0 Å². The lowest BCUT2D eigenvalue weighted by Crippen LogP contribution is -2.26. The first-order chi connectivity index (χ1) is 8.48. The quantitative estimate of drug-likeness (QED) is 0.873. The maximum Gasteiger partial charge on any atom is 0.501 e. The van der Waals surface area contributed by atoms with Crippen molar-refractivity contribution < 1.29 is 31.1 Å². The molecule has 0 aliphatic rings. The van der Waals surface area contributed by atoms with Crippen LogP contribution in [0.3, 0.4) is 0 Å². The van der Waals surface area contributed by atoms with Crippen molar-refractivity contribution in [2.45, 2.75) is 36.3 Å². The summed E-state index contributed by atoms with van der Waals surface area (Å²) in [7, 11) is -5.66. The first-order valence-corrected chi connectivity index (χ1v) is 6.75. The molecule has 0 radical (unpaired) electrons. The van der Waals surface area contributed by atoms with Crippen molar-refractivity contribution >= 4 is 9.84 Å². The average molecular weight is 300 g/mol. The smallest absolute Gasteiger partial charge is 0.393 e. The standard InChI is InChI=1S/C11H12F4O3S/c1-6(7(2)16)9-4-3-8(12)5-10(9)19(17,18)11(13,14)15/h3-7,16H,1-2H3. The van der Waals surface area contributed by atoms with Gasteiger partial charge in [0.15, 0.2) is 0 Å². The van der Waals surface area contributed by atoms with Gasteiger partial charge in [-0.05, 0) is 24.6 Å². The number of rotatable bonds is 3. The van der Waals surface area contributed by atoms with E-state index in [1.807, 2.05) is 0 Å². The van der Waals surface area contributed by atoms with Crippen molar-refractivity contribution in [3.05, 3.63) is 29.6 Å². The second-order valence-electron chi connectivity index (χ2n) is 4.16. The summed E-state index contributed by atoms with van der Waals surface area (Å²) in [5.74, 6) is -1.97. The Labute approximate surface area is 107 Å². The van der Waals surface area contributed by atoms with Crippen LogP contribution in [0.5, 0.6) is 0 Å². The van der Waals surface area contributed by atoms with Crippen LogP contribution in [0.25, 0.3) is 0 Å². The second-order valence-corrected chi connectivity index (χ2v) is 6.07. The molecular weight excluding hydrogens is 288 g/mol. The van der Waals surface area contributed by atoms with Crippen LogP contribution in [-0.2, 0) is 9.84 Å². The van der Waals surface area contributed by atoms with E-state index in [0.717, 1.165) is 12.1 Å². The highest BCUT2D eigenvalue weighted by Gasteiger charge is 2.48. The molecule has 0 bridgehead atoms. The summed E-state index contributed by atoms with van der Waals surface area (Å²) in [5.41, 5.74) is -5.79. The maximum atomic E-state index is 13.0. The van der Waals surface area contributed by atoms with E-state index in [0.29, 0.717) is 6.07 Å². The van der Waals surface area contributed by atoms with Crippen LogP contribution >= 0.6 is 0 Å². The zero-order valence-electron chi connectivity index (χ0n) is 10.1. The van der Waals surface area contributed by atoms with Gasteiger partial charge in [0.1, 0.15) is 5.82 Å². The minimum atomic E-state index is -5.66. The lowest BCUT2D eigenvalue weighted by molar-refractivity contribution is -0.0436. The van der Waals surface area contributed by atoms with E-state index in [4.69, 9.17) is 0 Å². The van der Waals surface area contributed by atoms with E-state index in [2.05, 4.69) is 0 Å². The highest BCUT2D eigenvalue weighted by Crippen LogP contribution is 2.35. The SMILES string of the molecule is CC(O)C(C)c1ccc(F)cc1S(=O)(=O)C(F)(F)F. The Morgan fingerprint density at radius 3 is 2.16 bits per heavy atom. The van der Waals surface area contributed by atoms with E-state index in [9.17, 15) is 31.1 Å². The molecule has 0 spiro atoms. The molecule has 1 aromatic carbocycles. The molecule has 0 aliphatic heterocycles. The molecule has 8 heteroatoms. The summed E-state index contributed by atoms with van der Waals surface area (Å²) in [6, 6.07) is 2.10. The maximum absolute atomic E-state index is 13.0. The molecule has 0 amide bonds. The van der Waals surface area contributed by atoms with Gasteiger partial charge in [0.05, 0.1) is 11.0 Å². The fraction of sp³-hybridized carbons (Fsp3) is 0.455. The van der Waals surface area contributed by atoms with Gasteiger partial charge in [0, 0.05) is 5.92 Å². The van der Waals surface area contributed by atoms with Crippen molar-refractivity contribution in [1.29, 1.82) is 0 Å². The molecule has 108 valence electrons. The molecular formula is C11H12F4O3S. The monoisotopic (exact) mass is 300 g/mol. The lowest BCUT2D eigenvalue weighted by atomic mass is 9.96. The Bertz CT molecular complexity index is 564. The van der Waals surface area contributed by atoms with E-state index in [1.165, 1.54) is 13.8 Å². The summed E-state index contributed by atoms with van der Waals surface area (Å²) in [5, 5.41) is 9.37. The third kappa shape index (κ3) is 3.06. The van der Waals surface area contributed by atoms with Crippen LogP contribution in [0, 0.1) is 5.82 Å². The second kappa shape index (κ2) is 5.09. The van der Waals surface area contributed by atoms with Crippen molar-refractivity contribution in [3.63, 3.8) is 0 Å². The predicted molar refractivity (Wildman–Crippen MR) is 59.7 cm³/mol. The normalized spacial score (nSPS) is 16.2. The first-order valence-electron chi connectivity index (χ1n) is 5.27. The van der Waals surface area contributed by atoms with Gasteiger partial charge >= 0.3 is 5.51 Å².